The van der Waals surface area contributed by atoms with Gasteiger partial charge in [0.2, 0.25) is 0 Å². The Labute approximate surface area is 140 Å². The quantitative estimate of drug-likeness (QED) is 0.851. The highest BCUT2D eigenvalue weighted by atomic mass is 79.9. The molecule has 114 valence electrons. The molecule has 6 heteroatoms. The molecule has 1 aromatic rings. The van der Waals surface area contributed by atoms with Crippen molar-refractivity contribution in [3.63, 3.8) is 0 Å². The van der Waals surface area contributed by atoms with E-state index < -0.39 is 0 Å². The van der Waals surface area contributed by atoms with E-state index in [1.165, 1.54) is 18.4 Å². The second-order valence-corrected chi connectivity index (χ2v) is 6.09. The van der Waals surface area contributed by atoms with Crippen molar-refractivity contribution in [1.82, 2.24) is 10.2 Å². The molecule has 2 nitrogen and oxygen atoms in total. The van der Waals surface area contributed by atoms with Crippen molar-refractivity contribution in [3.8, 4) is 0 Å². The lowest BCUT2D eigenvalue weighted by Gasteiger charge is -2.36. The molecular weight excluding hydrogens is 366 g/mol. The molecule has 1 heterocycles. The Morgan fingerprint density at radius 2 is 1.85 bits per heavy atom. The van der Waals surface area contributed by atoms with Gasteiger partial charge in [0, 0.05) is 36.7 Å². The second-order valence-electron chi connectivity index (χ2n) is 5.23. The first-order valence-corrected chi connectivity index (χ1v) is 7.45. The molecule has 1 N–H and O–H groups in total. The zero-order chi connectivity index (χ0) is 12.5. The fourth-order valence-electron chi connectivity index (χ4n) is 2.86. The van der Waals surface area contributed by atoms with E-state index in [2.05, 4.69) is 26.1 Å². The first-order chi connectivity index (χ1) is 8.75. The summed E-state index contributed by atoms with van der Waals surface area (Å²) in [6, 6.07) is 5.58. The van der Waals surface area contributed by atoms with Crippen LogP contribution in [0.3, 0.4) is 0 Å². The van der Waals surface area contributed by atoms with Crippen LogP contribution in [0.15, 0.2) is 22.7 Å². The molecule has 1 aromatic carbocycles. The highest BCUT2D eigenvalue weighted by Gasteiger charge is 2.37. The van der Waals surface area contributed by atoms with Crippen molar-refractivity contribution in [3.05, 3.63) is 34.1 Å². The fourth-order valence-corrected chi connectivity index (χ4v) is 3.45. The maximum absolute atomic E-state index is 13.2. The van der Waals surface area contributed by atoms with Gasteiger partial charge in [-0.25, -0.2) is 4.39 Å². The summed E-state index contributed by atoms with van der Waals surface area (Å²) in [7, 11) is 0. The molecule has 1 saturated carbocycles. The molecule has 0 spiro atoms. The van der Waals surface area contributed by atoms with E-state index in [9.17, 15) is 4.39 Å². The Bertz CT molecular complexity index is 437. The van der Waals surface area contributed by atoms with Gasteiger partial charge in [-0.05, 0) is 36.5 Å². The maximum atomic E-state index is 13.2. The summed E-state index contributed by atoms with van der Waals surface area (Å²) in [4.78, 5) is 2.55. The lowest BCUT2D eigenvalue weighted by atomic mass is 10.00. The standard InChI is InChI=1S/C14H18BrFN2.2ClH/c15-13-9-11(16)3-4-12(13)14(10-1-2-10)18-7-5-17-6-8-18;;/h3-4,9-10,14,17H,1-2,5-8H2;2*1H/t14-;;/m1../s1. The smallest absolute Gasteiger partial charge is 0.124 e. The lowest BCUT2D eigenvalue weighted by molar-refractivity contribution is 0.155. The number of hydrogen-bond acceptors (Lipinski definition) is 2. The maximum Gasteiger partial charge on any atom is 0.124 e. The Morgan fingerprint density at radius 3 is 2.40 bits per heavy atom. The largest absolute Gasteiger partial charge is 0.314 e. The van der Waals surface area contributed by atoms with Gasteiger partial charge >= 0.3 is 0 Å². The van der Waals surface area contributed by atoms with Gasteiger partial charge in [-0.1, -0.05) is 22.0 Å². The highest BCUT2D eigenvalue weighted by molar-refractivity contribution is 9.10. The van der Waals surface area contributed by atoms with Crippen LogP contribution in [0.5, 0.6) is 0 Å². The molecule has 1 aliphatic heterocycles. The minimum atomic E-state index is -0.166. The molecule has 1 atom stereocenters. The lowest BCUT2D eigenvalue weighted by Crippen LogP contribution is -2.45. The number of rotatable bonds is 3. The average molecular weight is 386 g/mol. The van der Waals surface area contributed by atoms with E-state index in [-0.39, 0.29) is 30.6 Å². The summed E-state index contributed by atoms with van der Waals surface area (Å²) >= 11 is 3.53. The monoisotopic (exact) mass is 384 g/mol. The van der Waals surface area contributed by atoms with E-state index >= 15 is 0 Å². The van der Waals surface area contributed by atoms with Crippen LogP contribution in [0.2, 0.25) is 0 Å². The van der Waals surface area contributed by atoms with Gasteiger partial charge in [0.1, 0.15) is 5.82 Å². The molecule has 0 bridgehead atoms. The fraction of sp³-hybridized carbons (Fsp3) is 0.571. The first kappa shape index (κ1) is 18.2. The molecule has 0 aromatic heterocycles. The predicted octanol–water partition coefficient (Wildman–Crippen LogP) is 3.79. The van der Waals surface area contributed by atoms with Crippen molar-refractivity contribution < 1.29 is 4.39 Å². The van der Waals surface area contributed by atoms with E-state index in [0.717, 1.165) is 36.6 Å². The predicted molar refractivity (Wildman–Crippen MR) is 88.5 cm³/mol. The summed E-state index contributed by atoms with van der Waals surface area (Å²) < 4.78 is 14.1. The van der Waals surface area contributed by atoms with Crippen LogP contribution in [0.4, 0.5) is 4.39 Å². The van der Waals surface area contributed by atoms with Gasteiger partial charge in [0.25, 0.3) is 0 Å². The van der Waals surface area contributed by atoms with Crippen LogP contribution >= 0.6 is 40.7 Å². The first-order valence-electron chi connectivity index (χ1n) is 6.65. The normalized spacial score (nSPS) is 20.7. The Balaban J connectivity index is 0.000001000. The van der Waals surface area contributed by atoms with Crippen LogP contribution < -0.4 is 5.32 Å². The number of nitrogens with one attached hydrogen (secondary N) is 1. The Morgan fingerprint density at radius 1 is 1.20 bits per heavy atom. The van der Waals surface area contributed by atoms with Crippen molar-refractivity contribution >= 4 is 40.7 Å². The minimum absolute atomic E-state index is 0. The summed E-state index contributed by atoms with van der Waals surface area (Å²) in [6.07, 6.45) is 2.61. The van der Waals surface area contributed by atoms with Crippen LogP contribution in [-0.2, 0) is 0 Å². The number of benzene rings is 1. The third-order valence-corrected chi connectivity index (χ3v) is 4.58. The molecule has 1 aliphatic carbocycles. The highest BCUT2D eigenvalue weighted by Crippen LogP contribution is 2.46. The van der Waals surface area contributed by atoms with Gasteiger partial charge < -0.3 is 5.32 Å². The third kappa shape index (κ3) is 4.08. The summed E-state index contributed by atoms with van der Waals surface area (Å²) in [6.45, 7) is 4.29. The topological polar surface area (TPSA) is 15.3 Å². The van der Waals surface area contributed by atoms with Crippen molar-refractivity contribution in [2.45, 2.75) is 18.9 Å². The SMILES string of the molecule is Cl.Cl.Fc1ccc([C@@H](C2CC2)N2CCNCC2)c(Br)c1. The zero-order valence-corrected chi connectivity index (χ0v) is 14.4. The molecule has 0 unspecified atom stereocenters. The van der Waals surface area contributed by atoms with Gasteiger partial charge in [-0.2, -0.15) is 0 Å². The Kier molecular flexibility index (Phi) is 7.22. The summed E-state index contributed by atoms with van der Waals surface area (Å²) in [5.41, 5.74) is 1.25. The van der Waals surface area contributed by atoms with E-state index in [4.69, 9.17) is 0 Å². The van der Waals surface area contributed by atoms with Crippen LogP contribution in [0.25, 0.3) is 0 Å². The summed E-state index contributed by atoms with van der Waals surface area (Å²) in [5.74, 6) is 0.588. The van der Waals surface area contributed by atoms with E-state index in [1.807, 2.05) is 6.07 Å². The van der Waals surface area contributed by atoms with Gasteiger partial charge in [0.05, 0.1) is 0 Å². The molecular formula is C14H20BrCl2FN2. The van der Waals surface area contributed by atoms with Gasteiger partial charge in [0.15, 0.2) is 0 Å². The third-order valence-electron chi connectivity index (χ3n) is 3.89. The summed E-state index contributed by atoms with van der Waals surface area (Å²) in [5, 5.41) is 3.39. The average Bonchev–Trinajstić information content (AvgIpc) is 3.18. The van der Waals surface area contributed by atoms with Crippen LogP contribution in [-0.4, -0.2) is 31.1 Å². The van der Waals surface area contributed by atoms with Crippen molar-refractivity contribution in [1.29, 1.82) is 0 Å². The zero-order valence-electron chi connectivity index (χ0n) is 11.1. The second kappa shape index (κ2) is 7.95. The molecule has 0 amide bonds. The van der Waals surface area contributed by atoms with E-state index in [1.54, 1.807) is 12.1 Å². The number of hydrogen-bond donors (Lipinski definition) is 1. The molecule has 1 saturated heterocycles. The van der Waals surface area contributed by atoms with Crippen LogP contribution in [0, 0.1) is 11.7 Å². The van der Waals surface area contributed by atoms with E-state index in [0.29, 0.717) is 6.04 Å². The molecule has 0 radical (unpaired) electrons. The molecule has 3 rings (SSSR count). The minimum Gasteiger partial charge on any atom is -0.314 e. The number of halogens is 4. The number of piperazine rings is 1. The van der Waals surface area contributed by atoms with Gasteiger partial charge in [-0.3, -0.25) is 4.90 Å². The molecule has 2 aliphatic rings. The van der Waals surface area contributed by atoms with Crippen molar-refractivity contribution in [2.24, 2.45) is 5.92 Å². The number of nitrogens with zero attached hydrogens (tertiary/aromatic N) is 1. The Hall–Kier alpha value is 0.130. The van der Waals surface area contributed by atoms with Crippen molar-refractivity contribution in [2.75, 3.05) is 26.2 Å². The molecule has 20 heavy (non-hydrogen) atoms. The van der Waals surface area contributed by atoms with Gasteiger partial charge in [-0.15, -0.1) is 24.8 Å². The van der Waals surface area contributed by atoms with Crippen LogP contribution in [0.1, 0.15) is 24.4 Å². The molecule has 2 fully saturated rings.